The van der Waals surface area contributed by atoms with Gasteiger partial charge in [-0.15, -0.1) is 11.3 Å². The molecule has 0 bridgehead atoms. The predicted octanol–water partition coefficient (Wildman–Crippen LogP) is 3.26. The Kier molecular flexibility index (Phi) is 5.31. The summed E-state index contributed by atoms with van der Waals surface area (Å²) >= 11 is 1.80. The number of nitrogens with one attached hydrogen (secondary N) is 1. The normalized spacial score (nSPS) is 12.8. The highest BCUT2D eigenvalue weighted by molar-refractivity contribution is 7.11. The van der Waals surface area contributed by atoms with E-state index in [0.717, 1.165) is 36.6 Å². The van der Waals surface area contributed by atoms with Crippen molar-refractivity contribution in [1.82, 2.24) is 20.1 Å². The molecule has 110 valence electrons. The van der Waals surface area contributed by atoms with Crippen molar-refractivity contribution in [3.63, 3.8) is 0 Å². The van der Waals surface area contributed by atoms with Crippen molar-refractivity contribution in [2.75, 3.05) is 6.54 Å². The van der Waals surface area contributed by atoms with E-state index in [0.29, 0.717) is 6.04 Å². The fourth-order valence-corrected chi connectivity index (χ4v) is 3.37. The van der Waals surface area contributed by atoms with Crippen molar-refractivity contribution in [3.05, 3.63) is 33.5 Å². The average Bonchev–Trinajstić information content (AvgIpc) is 3.01. The average molecular weight is 292 g/mol. The Morgan fingerprint density at radius 1 is 1.35 bits per heavy atom. The van der Waals surface area contributed by atoms with Gasteiger partial charge in [0.2, 0.25) is 0 Å². The van der Waals surface area contributed by atoms with E-state index in [9.17, 15) is 0 Å². The van der Waals surface area contributed by atoms with Crippen molar-refractivity contribution < 1.29 is 0 Å². The third kappa shape index (κ3) is 3.67. The van der Waals surface area contributed by atoms with Gasteiger partial charge in [0.25, 0.3) is 0 Å². The molecule has 0 saturated heterocycles. The highest BCUT2D eigenvalue weighted by Gasteiger charge is 2.18. The van der Waals surface area contributed by atoms with Gasteiger partial charge in [0.05, 0.1) is 16.9 Å². The van der Waals surface area contributed by atoms with Crippen LogP contribution in [0.2, 0.25) is 0 Å². The lowest BCUT2D eigenvalue weighted by molar-refractivity contribution is 0.533. The number of aromatic nitrogens is 3. The van der Waals surface area contributed by atoms with Crippen LogP contribution in [0.25, 0.3) is 0 Å². The summed E-state index contributed by atoms with van der Waals surface area (Å²) in [5.74, 6) is 0. The van der Waals surface area contributed by atoms with Crippen molar-refractivity contribution in [2.45, 2.75) is 53.1 Å². The lowest BCUT2D eigenvalue weighted by atomic mass is 10.1. The molecule has 1 atom stereocenters. The van der Waals surface area contributed by atoms with Gasteiger partial charge in [0.1, 0.15) is 0 Å². The van der Waals surface area contributed by atoms with Crippen molar-refractivity contribution in [1.29, 1.82) is 0 Å². The van der Waals surface area contributed by atoms with E-state index >= 15 is 0 Å². The first kappa shape index (κ1) is 15.2. The molecule has 2 aromatic heterocycles. The van der Waals surface area contributed by atoms with Crippen LogP contribution in [0, 0.1) is 13.8 Å². The zero-order valence-corrected chi connectivity index (χ0v) is 13.6. The Hall–Kier alpha value is -1.20. The van der Waals surface area contributed by atoms with Gasteiger partial charge < -0.3 is 5.32 Å². The zero-order valence-electron chi connectivity index (χ0n) is 12.8. The Balaban J connectivity index is 2.16. The van der Waals surface area contributed by atoms with E-state index in [4.69, 9.17) is 0 Å². The molecule has 2 heterocycles. The van der Waals surface area contributed by atoms with Gasteiger partial charge in [0.15, 0.2) is 0 Å². The molecule has 0 fully saturated rings. The summed E-state index contributed by atoms with van der Waals surface area (Å²) in [5, 5.41) is 9.16. The summed E-state index contributed by atoms with van der Waals surface area (Å²) in [6.45, 7) is 10.4. The monoisotopic (exact) mass is 292 g/mol. The maximum atomic E-state index is 4.56. The van der Waals surface area contributed by atoms with Crippen LogP contribution in [0.15, 0.2) is 12.4 Å². The molecule has 1 unspecified atom stereocenters. The van der Waals surface area contributed by atoms with E-state index in [1.54, 1.807) is 11.3 Å². The Labute approximate surface area is 125 Å². The summed E-state index contributed by atoms with van der Waals surface area (Å²) in [4.78, 5) is 5.92. The Morgan fingerprint density at radius 3 is 2.70 bits per heavy atom. The van der Waals surface area contributed by atoms with Gasteiger partial charge in [0, 0.05) is 23.7 Å². The Morgan fingerprint density at radius 2 is 2.15 bits per heavy atom. The zero-order chi connectivity index (χ0) is 14.5. The highest BCUT2D eigenvalue weighted by atomic mass is 32.1. The predicted molar refractivity (Wildman–Crippen MR) is 84.2 cm³/mol. The van der Waals surface area contributed by atoms with E-state index in [2.05, 4.69) is 49.3 Å². The highest BCUT2D eigenvalue weighted by Crippen LogP contribution is 2.27. The maximum absolute atomic E-state index is 4.56. The molecule has 0 aromatic carbocycles. The molecule has 0 spiro atoms. The molecule has 0 aliphatic carbocycles. The summed E-state index contributed by atoms with van der Waals surface area (Å²) in [7, 11) is 0. The first-order valence-corrected chi connectivity index (χ1v) is 8.14. The minimum Gasteiger partial charge on any atom is -0.309 e. The van der Waals surface area contributed by atoms with Crippen molar-refractivity contribution >= 4 is 11.3 Å². The van der Waals surface area contributed by atoms with E-state index in [-0.39, 0.29) is 0 Å². The van der Waals surface area contributed by atoms with Gasteiger partial charge >= 0.3 is 0 Å². The number of nitrogens with zero attached hydrogens (tertiary/aromatic N) is 3. The number of hydrogen-bond acceptors (Lipinski definition) is 4. The van der Waals surface area contributed by atoms with Crippen LogP contribution in [0.4, 0.5) is 0 Å². The number of thiazole rings is 1. The van der Waals surface area contributed by atoms with E-state index < -0.39 is 0 Å². The second-order valence-electron chi connectivity index (χ2n) is 5.10. The molecule has 0 aliphatic heterocycles. The van der Waals surface area contributed by atoms with Gasteiger partial charge in [-0.25, -0.2) is 4.98 Å². The smallest absolute Gasteiger partial charge is 0.0900 e. The first-order chi connectivity index (χ1) is 9.63. The van der Waals surface area contributed by atoms with Crippen LogP contribution in [0.5, 0.6) is 0 Å². The number of aryl methyl sites for hydroxylation is 3. The van der Waals surface area contributed by atoms with Crippen molar-refractivity contribution in [3.8, 4) is 0 Å². The molecule has 1 N–H and O–H groups in total. The van der Waals surface area contributed by atoms with Crippen LogP contribution in [-0.4, -0.2) is 21.3 Å². The first-order valence-electron chi connectivity index (χ1n) is 7.32. The third-order valence-corrected chi connectivity index (χ3v) is 4.53. The molecule has 0 amide bonds. The summed E-state index contributed by atoms with van der Waals surface area (Å²) in [5.41, 5.74) is 2.44. The van der Waals surface area contributed by atoms with Gasteiger partial charge in [-0.3, -0.25) is 4.68 Å². The number of hydrogen-bond donors (Lipinski definition) is 1. The molecule has 4 nitrogen and oxygen atoms in total. The quantitative estimate of drug-likeness (QED) is 0.852. The van der Waals surface area contributed by atoms with Gasteiger partial charge in [-0.1, -0.05) is 6.92 Å². The minimum absolute atomic E-state index is 0.343. The summed E-state index contributed by atoms with van der Waals surface area (Å²) in [6.07, 6.45) is 6.24. The molecule has 20 heavy (non-hydrogen) atoms. The maximum Gasteiger partial charge on any atom is 0.0900 e. The van der Waals surface area contributed by atoms with Crippen LogP contribution in [0.1, 0.15) is 47.5 Å². The van der Waals surface area contributed by atoms with Crippen molar-refractivity contribution in [2.24, 2.45) is 0 Å². The third-order valence-electron chi connectivity index (χ3n) is 3.35. The standard InChI is InChI=1S/C15H24N4S/c1-5-7-16-14(15-11(3)18-12(4)20-15)8-13-9-17-19(6-2)10-13/h9-10,14,16H,5-8H2,1-4H3. The Bertz CT molecular complexity index is 544. The van der Waals surface area contributed by atoms with E-state index in [1.165, 1.54) is 10.4 Å². The van der Waals surface area contributed by atoms with Gasteiger partial charge in [-0.2, -0.15) is 5.10 Å². The lowest BCUT2D eigenvalue weighted by Crippen LogP contribution is -2.23. The van der Waals surface area contributed by atoms with Crippen LogP contribution in [0.3, 0.4) is 0 Å². The largest absolute Gasteiger partial charge is 0.309 e. The minimum atomic E-state index is 0.343. The number of rotatable bonds is 7. The van der Waals surface area contributed by atoms with Gasteiger partial charge in [-0.05, 0) is 45.7 Å². The van der Waals surface area contributed by atoms with Crippen LogP contribution >= 0.6 is 11.3 Å². The molecular weight excluding hydrogens is 268 g/mol. The fourth-order valence-electron chi connectivity index (χ4n) is 2.37. The second-order valence-corrected chi connectivity index (χ2v) is 6.33. The fraction of sp³-hybridized carbons (Fsp3) is 0.600. The SMILES string of the molecule is CCCNC(Cc1cnn(CC)c1)c1sc(C)nc1C. The lowest BCUT2D eigenvalue weighted by Gasteiger charge is -2.17. The van der Waals surface area contributed by atoms with E-state index in [1.807, 2.05) is 10.9 Å². The molecular formula is C15H24N4S. The molecule has 0 saturated carbocycles. The molecule has 0 radical (unpaired) electrons. The molecule has 2 rings (SSSR count). The molecule has 0 aliphatic rings. The summed E-state index contributed by atoms with van der Waals surface area (Å²) < 4.78 is 1.98. The van der Waals surface area contributed by atoms with Crippen LogP contribution in [-0.2, 0) is 13.0 Å². The molecule has 5 heteroatoms. The summed E-state index contributed by atoms with van der Waals surface area (Å²) in [6, 6.07) is 0.343. The topological polar surface area (TPSA) is 42.7 Å². The van der Waals surface area contributed by atoms with Crippen LogP contribution < -0.4 is 5.32 Å². The molecule has 2 aromatic rings. The second kappa shape index (κ2) is 6.99.